The SMILES string of the molecule is CN=C(NCc1ccccc1OC)NC[C@H]1CCCN1CC(C)C.I. The number of benzene rings is 1. The standard InChI is InChI=1S/C19H32N4O.HI/c1-15(2)14-23-11-7-9-17(23)13-22-19(20-3)21-12-16-8-5-6-10-18(16)24-4;/h5-6,8,10,15,17H,7,9,11-14H2,1-4H3,(H2,20,21,22);1H/t17-;/m1./s1. The van der Waals surface area contributed by atoms with Crippen LogP contribution in [0.2, 0.25) is 0 Å². The van der Waals surface area contributed by atoms with Crippen molar-refractivity contribution >= 4 is 29.9 Å². The molecule has 0 amide bonds. The summed E-state index contributed by atoms with van der Waals surface area (Å²) in [6.45, 7) is 8.62. The van der Waals surface area contributed by atoms with E-state index in [2.05, 4.69) is 40.4 Å². The minimum atomic E-state index is 0. The summed E-state index contributed by atoms with van der Waals surface area (Å²) in [5.41, 5.74) is 1.13. The Morgan fingerprint density at radius 1 is 1.32 bits per heavy atom. The van der Waals surface area contributed by atoms with Gasteiger partial charge in [0.05, 0.1) is 7.11 Å². The molecule has 2 N–H and O–H groups in total. The number of guanidine groups is 1. The Morgan fingerprint density at radius 2 is 2.08 bits per heavy atom. The molecule has 1 heterocycles. The van der Waals surface area contributed by atoms with Crippen LogP contribution in [0.25, 0.3) is 0 Å². The van der Waals surface area contributed by atoms with Crippen molar-refractivity contribution in [3.8, 4) is 5.75 Å². The second-order valence-electron chi connectivity index (χ2n) is 6.80. The molecule has 0 radical (unpaired) electrons. The van der Waals surface area contributed by atoms with Crippen LogP contribution < -0.4 is 15.4 Å². The largest absolute Gasteiger partial charge is 0.496 e. The van der Waals surface area contributed by atoms with E-state index in [9.17, 15) is 0 Å². The van der Waals surface area contributed by atoms with E-state index >= 15 is 0 Å². The molecule has 1 aromatic rings. The number of para-hydroxylation sites is 1. The predicted molar refractivity (Wildman–Crippen MR) is 116 cm³/mol. The van der Waals surface area contributed by atoms with Crippen molar-refractivity contribution in [3.05, 3.63) is 29.8 Å². The van der Waals surface area contributed by atoms with Crippen molar-refractivity contribution in [2.45, 2.75) is 39.3 Å². The maximum absolute atomic E-state index is 5.40. The van der Waals surface area contributed by atoms with E-state index in [1.807, 2.05) is 25.2 Å². The Hall–Kier alpha value is -1.02. The number of halogens is 1. The van der Waals surface area contributed by atoms with Crippen molar-refractivity contribution in [2.75, 3.05) is 33.8 Å². The highest BCUT2D eigenvalue weighted by molar-refractivity contribution is 14.0. The first-order chi connectivity index (χ1) is 11.6. The van der Waals surface area contributed by atoms with Gasteiger partial charge in [-0.25, -0.2) is 0 Å². The molecule has 2 rings (SSSR count). The van der Waals surface area contributed by atoms with E-state index in [1.54, 1.807) is 7.11 Å². The van der Waals surface area contributed by atoms with Crippen LogP contribution in [0.4, 0.5) is 0 Å². The Balaban J connectivity index is 0.00000312. The quantitative estimate of drug-likeness (QED) is 0.373. The zero-order chi connectivity index (χ0) is 17.4. The van der Waals surface area contributed by atoms with Crippen LogP contribution in [0, 0.1) is 5.92 Å². The fourth-order valence-corrected chi connectivity index (χ4v) is 3.30. The van der Waals surface area contributed by atoms with E-state index in [-0.39, 0.29) is 24.0 Å². The number of nitrogens with zero attached hydrogens (tertiary/aromatic N) is 2. The number of nitrogens with one attached hydrogen (secondary N) is 2. The van der Waals surface area contributed by atoms with Crippen molar-refractivity contribution in [3.63, 3.8) is 0 Å². The second-order valence-corrected chi connectivity index (χ2v) is 6.80. The summed E-state index contributed by atoms with van der Waals surface area (Å²) in [5.74, 6) is 2.46. The van der Waals surface area contributed by atoms with Crippen LogP contribution in [0.1, 0.15) is 32.3 Å². The molecule has 6 heteroatoms. The maximum atomic E-state index is 5.40. The van der Waals surface area contributed by atoms with Crippen molar-refractivity contribution in [2.24, 2.45) is 10.9 Å². The minimum Gasteiger partial charge on any atom is -0.496 e. The van der Waals surface area contributed by atoms with E-state index in [0.717, 1.165) is 23.8 Å². The van der Waals surface area contributed by atoms with Crippen LogP contribution in [0.5, 0.6) is 5.75 Å². The predicted octanol–water partition coefficient (Wildman–Crippen LogP) is 3.10. The third-order valence-electron chi connectivity index (χ3n) is 4.47. The molecule has 0 aromatic heterocycles. The van der Waals surface area contributed by atoms with Crippen LogP contribution in [0.15, 0.2) is 29.3 Å². The number of ether oxygens (including phenoxy) is 1. The molecule has 1 aliphatic rings. The summed E-state index contributed by atoms with van der Waals surface area (Å²) in [4.78, 5) is 6.94. The number of methoxy groups -OCH3 is 1. The summed E-state index contributed by atoms with van der Waals surface area (Å²) in [6, 6.07) is 8.67. The fraction of sp³-hybridized carbons (Fsp3) is 0.632. The summed E-state index contributed by atoms with van der Waals surface area (Å²) < 4.78 is 5.40. The van der Waals surface area contributed by atoms with Gasteiger partial charge in [0.2, 0.25) is 0 Å². The van der Waals surface area contributed by atoms with E-state index in [0.29, 0.717) is 18.5 Å². The molecule has 1 aromatic carbocycles. The molecule has 5 nitrogen and oxygen atoms in total. The van der Waals surface area contributed by atoms with Gasteiger partial charge in [-0.2, -0.15) is 0 Å². The van der Waals surface area contributed by atoms with Gasteiger partial charge in [0.15, 0.2) is 5.96 Å². The molecule has 1 saturated heterocycles. The van der Waals surface area contributed by atoms with Crippen molar-refractivity contribution in [1.29, 1.82) is 0 Å². The fourth-order valence-electron chi connectivity index (χ4n) is 3.30. The third kappa shape index (κ3) is 7.01. The number of rotatable bonds is 7. The van der Waals surface area contributed by atoms with Crippen LogP contribution in [-0.2, 0) is 6.54 Å². The minimum absolute atomic E-state index is 0. The van der Waals surface area contributed by atoms with Gasteiger partial charge in [-0.1, -0.05) is 32.0 Å². The van der Waals surface area contributed by atoms with Gasteiger partial charge in [-0.05, 0) is 31.4 Å². The van der Waals surface area contributed by atoms with E-state index < -0.39 is 0 Å². The highest BCUT2D eigenvalue weighted by Gasteiger charge is 2.24. The van der Waals surface area contributed by atoms with Gasteiger partial charge in [0, 0.05) is 38.3 Å². The number of hydrogen-bond acceptors (Lipinski definition) is 3. The molecular weight excluding hydrogens is 427 g/mol. The van der Waals surface area contributed by atoms with Gasteiger partial charge < -0.3 is 15.4 Å². The van der Waals surface area contributed by atoms with Crippen LogP contribution >= 0.6 is 24.0 Å². The average Bonchev–Trinajstić information content (AvgIpc) is 3.01. The molecule has 0 bridgehead atoms. The Bertz CT molecular complexity index is 536. The first-order valence-corrected chi connectivity index (χ1v) is 8.94. The summed E-state index contributed by atoms with van der Waals surface area (Å²) in [6.07, 6.45) is 2.57. The summed E-state index contributed by atoms with van der Waals surface area (Å²) >= 11 is 0. The van der Waals surface area contributed by atoms with Crippen molar-refractivity contribution in [1.82, 2.24) is 15.5 Å². The van der Waals surface area contributed by atoms with Gasteiger partial charge in [0.25, 0.3) is 0 Å². The van der Waals surface area contributed by atoms with Gasteiger partial charge in [0.1, 0.15) is 5.75 Å². The smallest absolute Gasteiger partial charge is 0.191 e. The molecule has 1 aliphatic heterocycles. The van der Waals surface area contributed by atoms with Gasteiger partial charge >= 0.3 is 0 Å². The molecule has 25 heavy (non-hydrogen) atoms. The highest BCUT2D eigenvalue weighted by Crippen LogP contribution is 2.18. The van der Waals surface area contributed by atoms with E-state index in [1.165, 1.54) is 25.9 Å². The molecule has 142 valence electrons. The Labute approximate surface area is 169 Å². The summed E-state index contributed by atoms with van der Waals surface area (Å²) in [5, 5.41) is 6.86. The monoisotopic (exact) mass is 460 g/mol. The Morgan fingerprint density at radius 3 is 2.76 bits per heavy atom. The zero-order valence-corrected chi connectivity index (χ0v) is 18.2. The lowest BCUT2D eigenvalue weighted by Crippen LogP contribution is -2.45. The molecule has 0 unspecified atom stereocenters. The lowest BCUT2D eigenvalue weighted by atomic mass is 10.1. The zero-order valence-electron chi connectivity index (χ0n) is 15.9. The molecule has 0 aliphatic carbocycles. The number of aliphatic imine (C=N–C) groups is 1. The van der Waals surface area contributed by atoms with E-state index in [4.69, 9.17) is 4.74 Å². The topological polar surface area (TPSA) is 48.9 Å². The molecule has 0 saturated carbocycles. The van der Waals surface area contributed by atoms with Crippen LogP contribution in [-0.4, -0.2) is 50.7 Å². The normalized spacial score (nSPS) is 18.1. The van der Waals surface area contributed by atoms with Crippen molar-refractivity contribution < 1.29 is 4.74 Å². The molecular formula is C19H33IN4O. The number of likely N-dealkylation sites (tertiary alicyclic amines) is 1. The highest BCUT2D eigenvalue weighted by atomic mass is 127. The van der Waals surface area contributed by atoms with Gasteiger partial charge in [-0.15, -0.1) is 24.0 Å². The average molecular weight is 460 g/mol. The molecule has 1 atom stereocenters. The first-order valence-electron chi connectivity index (χ1n) is 8.94. The molecule has 0 spiro atoms. The lowest BCUT2D eigenvalue weighted by Gasteiger charge is -2.27. The molecule has 1 fully saturated rings. The van der Waals surface area contributed by atoms with Crippen LogP contribution in [0.3, 0.4) is 0 Å². The maximum Gasteiger partial charge on any atom is 0.191 e. The first kappa shape index (κ1) is 22.0. The second kappa shape index (κ2) is 11.6. The lowest BCUT2D eigenvalue weighted by molar-refractivity contribution is 0.226. The summed E-state index contributed by atoms with van der Waals surface area (Å²) in [7, 11) is 3.52. The number of hydrogen-bond donors (Lipinski definition) is 2. The Kier molecular flexibility index (Phi) is 10.2. The van der Waals surface area contributed by atoms with Gasteiger partial charge in [-0.3, -0.25) is 9.89 Å². The third-order valence-corrected chi connectivity index (χ3v) is 4.47.